The highest BCUT2D eigenvalue weighted by molar-refractivity contribution is 6.30. The van der Waals surface area contributed by atoms with Gasteiger partial charge in [-0.1, -0.05) is 23.7 Å². The van der Waals surface area contributed by atoms with E-state index in [0.717, 1.165) is 41.4 Å². The van der Waals surface area contributed by atoms with Gasteiger partial charge in [0, 0.05) is 42.1 Å². The quantitative estimate of drug-likeness (QED) is 0.880. The molecular formula is C21H24ClN3O2. The minimum absolute atomic E-state index is 0.0504. The number of benzene rings is 1. The summed E-state index contributed by atoms with van der Waals surface area (Å²) in [7, 11) is 0. The van der Waals surface area contributed by atoms with Gasteiger partial charge in [-0.2, -0.15) is 0 Å². The summed E-state index contributed by atoms with van der Waals surface area (Å²) in [4.78, 5) is 19.3. The fourth-order valence-electron chi connectivity index (χ4n) is 3.89. The van der Waals surface area contributed by atoms with E-state index >= 15 is 0 Å². The van der Waals surface area contributed by atoms with Crippen molar-refractivity contribution in [2.45, 2.75) is 38.5 Å². The molecule has 3 heterocycles. The van der Waals surface area contributed by atoms with Gasteiger partial charge in [0.2, 0.25) is 0 Å². The number of morpholine rings is 1. The molecule has 1 amide bonds. The van der Waals surface area contributed by atoms with Crippen LogP contribution in [0.15, 0.2) is 36.5 Å². The monoisotopic (exact) mass is 385 g/mol. The second kappa shape index (κ2) is 7.58. The molecule has 3 atom stereocenters. The molecule has 1 aromatic heterocycles. The highest BCUT2D eigenvalue weighted by Crippen LogP contribution is 2.31. The van der Waals surface area contributed by atoms with Crippen LogP contribution in [0.1, 0.15) is 39.7 Å². The molecule has 6 heteroatoms. The summed E-state index contributed by atoms with van der Waals surface area (Å²) in [6.07, 6.45) is 2.62. The molecule has 2 aliphatic heterocycles. The van der Waals surface area contributed by atoms with Gasteiger partial charge < -0.3 is 10.1 Å². The minimum Gasteiger partial charge on any atom is -0.371 e. The Morgan fingerprint density at radius 1 is 1.26 bits per heavy atom. The Kier molecular flexibility index (Phi) is 5.17. The van der Waals surface area contributed by atoms with Gasteiger partial charge in [-0.05, 0) is 49.6 Å². The largest absolute Gasteiger partial charge is 0.371 e. The van der Waals surface area contributed by atoms with Gasteiger partial charge in [-0.3, -0.25) is 14.7 Å². The summed E-state index contributed by atoms with van der Waals surface area (Å²) in [6, 6.07) is 10.2. The molecular weight excluding hydrogens is 362 g/mol. The van der Waals surface area contributed by atoms with E-state index in [4.69, 9.17) is 16.3 Å². The maximum absolute atomic E-state index is 12.6. The number of halogens is 1. The molecule has 2 fully saturated rings. The molecule has 0 spiro atoms. The average molecular weight is 386 g/mol. The van der Waals surface area contributed by atoms with Crippen LogP contribution in [-0.2, 0) is 4.74 Å². The topological polar surface area (TPSA) is 54.5 Å². The second-order valence-electron chi connectivity index (χ2n) is 7.51. The zero-order valence-electron chi connectivity index (χ0n) is 15.6. The number of carbonyl (C=O) groups excluding carboxylic acids is 1. The smallest absolute Gasteiger partial charge is 0.253 e. The number of rotatable bonds is 3. The molecule has 2 aromatic rings. The van der Waals surface area contributed by atoms with Crippen LogP contribution in [0.5, 0.6) is 0 Å². The first-order valence-corrected chi connectivity index (χ1v) is 9.72. The van der Waals surface area contributed by atoms with Crippen molar-refractivity contribution in [3.05, 3.63) is 63.9 Å². The van der Waals surface area contributed by atoms with Crippen LogP contribution < -0.4 is 5.32 Å². The molecule has 2 aliphatic rings. The Hall–Kier alpha value is -1.95. The summed E-state index contributed by atoms with van der Waals surface area (Å²) in [6.45, 7) is 6.29. The zero-order chi connectivity index (χ0) is 19.0. The molecule has 0 aliphatic carbocycles. The van der Waals surface area contributed by atoms with Crippen LogP contribution >= 0.6 is 11.6 Å². The molecule has 27 heavy (non-hydrogen) atoms. The summed E-state index contributed by atoms with van der Waals surface area (Å²) in [5, 5.41) is 3.90. The molecule has 1 N–H and O–H groups in total. The van der Waals surface area contributed by atoms with Gasteiger partial charge in [0.15, 0.2) is 0 Å². The molecule has 1 aromatic carbocycles. The number of hydrogen-bond acceptors (Lipinski definition) is 4. The van der Waals surface area contributed by atoms with Crippen LogP contribution in [0.3, 0.4) is 0 Å². The van der Waals surface area contributed by atoms with Crippen LogP contribution in [0.2, 0.25) is 5.02 Å². The summed E-state index contributed by atoms with van der Waals surface area (Å²) >= 11 is 5.98. The number of hydrogen-bond donors (Lipinski definition) is 1. The van der Waals surface area contributed by atoms with E-state index in [1.54, 1.807) is 6.20 Å². The van der Waals surface area contributed by atoms with Gasteiger partial charge in [0.25, 0.3) is 5.91 Å². The van der Waals surface area contributed by atoms with Crippen molar-refractivity contribution < 1.29 is 9.53 Å². The van der Waals surface area contributed by atoms with Crippen molar-refractivity contribution in [1.82, 2.24) is 15.2 Å². The van der Waals surface area contributed by atoms with E-state index < -0.39 is 0 Å². The number of nitrogens with one attached hydrogen (secondary N) is 1. The van der Waals surface area contributed by atoms with E-state index in [-0.39, 0.29) is 18.1 Å². The van der Waals surface area contributed by atoms with E-state index in [1.807, 2.05) is 44.2 Å². The third-order valence-corrected chi connectivity index (χ3v) is 5.85. The summed E-state index contributed by atoms with van der Waals surface area (Å²) in [5.74, 6) is -0.0504. The zero-order valence-corrected chi connectivity index (χ0v) is 16.4. The lowest BCUT2D eigenvalue weighted by molar-refractivity contribution is -0.0502. The van der Waals surface area contributed by atoms with Crippen LogP contribution in [-0.4, -0.2) is 47.6 Å². The average Bonchev–Trinajstić information content (AvgIpc) is 3.06. The van der Waals surface area contributed by atoms with Gasteiger partial charge in [-0.25, -0.2) is 0 Å². The number of aryl methyl sites for hydroxylation is 2. The fourth-order valence-corrected chi connectivity index (χ4v) is 4.02. The highest BCUT2D eigenvalue weighted by atomic mass is 35.5. The Bertz CT molecular complexity index is 840. The normalized spacial score (nSPS) is 25.2. The van der Waals surface area contributed by atoms with E-state index in [9.17, 15) is 4.79 Å². The third kappa shape index (κ3) is 4.00. The van der Waals surface area contributed by atoms with Gasteiger partial charge in [0.1, 0.15) is 0 Å². The predicted octanol–water partition coefficient (Wildman–Crippen LogP) is 3.30. The lowest BCUT2D eigenvalue weighted by atomic mass is 10.1. The molecule has 4 rings (SSSR count). The van der Waals surface area contributed by atoms with Crippen LogP contribution in [0, 0.1) is 13.8 Å². The number of ether oxygens (including phenoxy) is 1. The van der Waals surface area contributed by atoms with Crippen molar-refractivity contribution >= 4 is 17.5 Å². The predicted molar refractivity (Wildman–Crippen MR) is 105 cm³/mol. The number of pyridine rings is 1. The Balaban J connectivity index is 1.37. The lowest BCUT2D eigenvalue weighted by Crippen LogP contribution is -2.43. The maximum atomic E-state index is 12.6. The number of nitrogens with zero attached hydrogens (tertiary/aromatic N) is 2. The van der Waals surface area contributed by atoms with Crippen molar-refractivity contribution in [2.24, 2.45) is 0 Å². The van der Waals surface area contributed by atoms with E-state index in [2.05, 4.69) is 15.2 Å². The molecule has 0 radical (unpaired) electrons. The van der Waals surface area contributed by atoms with Crippen LogP contribution in [0.4, 0.5) is 0 Å². The minimum atomic E-state index is -0.0504. The Labute approximate surface area is 164 Å². The van der Waals surface area contributed by atoms with E-state index in [1.165, 1.54) is 0 Å². The summed E-state index contributed by atoms with van der Waals surface area (Å²) < 4.78 is 6.08. The van der Waals surface area contributed by atoms with Crippen molar-refractivity contribution in [1.29, 1.82) is 0 Å². The van der Waals surface area contributed by atoms with E-state index in [0.29, 0.717) is 18.2 Å². The standard InChI is InChI=1S/C21H24ClN3O2/c1-13-7-16(9-23-14(13)2)21(26)24-18-8-19-12-27-20(11-25(19)10-18)15-3-5-17(22)6-4-15/h3-7,9,18-20H,8,10-12H2,1-2H3,(H,24,26)/t18-,19+,20-/m1/s1. The van der Waals surface area contributed by atoms with Crippen molar-refractivity contribution in [2.75, 3.05) is 19.7 Å². The number of fused-ring (bicyclic) bond motifs is 1. The van der Waals surface area contributed by atoms with Gasteiger partial charge >= 0.3 is 0 Å². The molecule has 0 saturated carbocycles. The third-order valence-electron chi connectivity index (χ3n) is 5.60. The SMILES string of the molecule is Cc1cc(C(=O)N[C@@H]2C[C@H]3CO[C@@H](c4ccc(Cl)cc4)CN3C2)cnc1C. The molecule has 142 valence electrons. The van der Waals surface area contributed by atoms with Crippen LogP contribution in [0.25, 0.3) is 0 Å². The number of aromatic nitrogens is 1. The first-order valence-electron chi connectivity index (χ1n) is 9.35. The molecule has 5 nitrogen and oxygen atoms in total. The Morgan fingerprint density at radius 3 is 2.78 bits per heavy atom. The fraction of sp³-hybridized carbons (Fsp3) is 0.429. The van der Waals surface area contributed by atoms with Gasteiger partial charge in [-0.15, -0.1) is 0 Å². The molecule has 0 bridgehead atoms. The van der Waals surface area contributed by atoms with Crippen molar-refractivity contribution in [3.63, 3.8) is 0 Å². The Morgan fingerprint density at radius 2 is 2.04 bits per heavy atom. The lowest BCUT2D eigenvalue weighted by Gasteiger charge is -2.35. The first kappa shape index (κ1) is 18.4. The first-order chi connectivity index (χ1) is 13.0. The van der Waals surface area contributed by atoms with Crippen molar-refractivity contribution in [3.8, 4) is 0 Å². The number of carbonyl (C=O) groups is 1. The molecule has 0 unspecified atom stereocenters. The van der Waals surface area contributed by atoms with Gasteiger partial charge in [0.05, 0.1) is 18.3 Å². The highest BCUT2D eigenvalue weighted by Gasteiger charge is 2.38. The molecule has 2 saturated heterocycles. The number of amides is 1. The maximum Gasteiger partial charge on any atom is 0.253 e. The summed E-state index contributed by atoms with van der Waals surface area (Å²) in [5.41, 5.74) is 3.76. The second-order valence-corrected chi connectivity index (χ2v) is 7.95.